The first-order valence-electron chi connectivity index (χ1n) is 11.5. The number of benzene rings is 2. The van der Waals surface area contributed by atoms with E-state index in [-0.39, 0.29) is 18.3 Å². The van der Waals surface area contributed by atoms with Gasteiger partial charge in [0, 0.05) is 36.8 Å². The van der Waals surface area contributed by atoms with E-state index in [2.05, 4.69) is 10.6 Å². The number of ether oxygens (including phenoxy) is 1. The average Bonchev–Trinajstić information content (AvgIpc) is 3.53. The minimum absolute atomic E-state index is 0.253. The number of hydrogen-bond donors (Lipinski definition) is 2. The van der Waals surface area contributed by atoms with E-state index in [4.69, 9.17) is 4.74 Å². The molecule has 2 aromatic rings. The number of nitrogens with zero attached hydrogens (tertiary/aromatic N) is 2. The van der Waals surface area contributed by atoms with E-state index in [1.807, 2.05) is 0 Å². The normalized spacial score (nSPS) is 23.0. The second-order valence-electron chi connectivity index (χ2n) is 8.93. The van der Waals surface area contributed by atoms with Gasteiger partial charge < -0.3 is 20.3 Å². The van der Waals surface area contributed by atoms with Gasteiger partial charge in [0.05, 0.1) is 6.04 Å². The van der Waals surface area contributed by atoms with E-state index in [0.717, 1.165) is 10.5 Å². The summed E-state index contributed by atoms with van der Waals surface area (Å²) in [5.41, 5.74) is 0.841. The van der Waals surface area contributed by atoms with Crippen molar-refractivity contribution in [3.05, 3.63) is 65.0 Å². The standard InChI is InChI=1S/C25H25FN4O5/c1-27-23(33)28-16-8-9-18-15(13-16)10-11-25(18)22(32)30(24(34)35-25)14-21(31)29-12-4-7-20(29)17-5-2-3-6-19(17)26/h2-3,5-6,8-9,13,20H,4,7,10-12,14H2,1H3,(H2,27,28,33)/t20?,25-/m0/s1. The molecule has 2 heterocycles. The molecule has 0 bridgehead atoms. The van der Waals surface area contributed by atoms with Crippen molar-refractivity contribution < 1.29 is 28.3 Å². The number of nitrogens with one attached hydrogen (secondary N) is 2. The van der Waals surface area contributed by atoms with Gasteiger partial charge in [0.1, 0.15) is 12.4 Å². The van der Waals surface area contributed by atoms with Crippen molar-refractivity contribution in [1.29, 1.82) is 0 Å². The van der Waals surface area contributed by atoms with Crippen molar-refractivity contribution in [2.75, 3.05) is 25.5 Å². The number of imide groups is 1. The largest absolute Gasteiger partial charge is 0.427 e. The lowest BCUT2D eigenvalue weighted by Crippen LogP contribution is -2.44. The van der Waals surface area contributed by atoms with Gasteiger partial charge in [0.2, 0.25) is 11.5 Å². The van der Waals surface area contributed by atoms with Crippen LogP contribution in [0.15, 0.2) is 42.5 Å². The Hall–Kier alpha value is -3.95. The molecule has 5 amide bonds. The Bertz CT molecular complexity index is 1230. The smallest absolute Gasteiger partial charge is 0.418 e. The molecule has 2 atom stereocenters. The highest BCUT2D eigenvalue weighted by Crippen LogP contribution is 2.46. The molecule has 10 heteroatoms. The highest BCUT2D eigenvalue weighted by atomic mass is 19.1. The van der Waals surface area contributed by atoms with Gasteiger partial charge in [-0.05, 0) is 43.0 Å². The van der Waals surface area contributed by atoms with Gasteiger partial charge in [-0.2, -0.15) is 0 Å². The van der Waals surface area contributed by atoms with Crippen molar-refractivity contribution >= 4 is 29.6 Å². The lowest BCUT2D eigenvalue weighted by Gasteiger charge is -2.27. The molecular formula is C25H25FN4O5. The van der Waals surface area contributed by atoms with Gasteiger partial charge >= 0.3 is 12.1 Å². The number of aryl methyl sites for hydroxylation is 1. The molecule has 35 heavy (non-hydrogen) atoms. The molecule has 0 aromatic heterocycles. The fourth-order valence-corrected chi connectivity index (χ4v) is 5.28. The van der Waals surface area contributed by atoms with Gasteiger partial charge in [-0.3, -0.25) is 9.59 Å². The minimum atomic E-state index is -1.48. The van der Waals surface area contributed by atoms with Gasteiger partial charge in [0.25, 0.3) is 5.91 Å². The predicted molar refractivity (Wildman–Crippen MR) is 123 cm³/mol. The number of halogens is 1. The van der Waals surface area contributed by atoms with Crippen LogP contribution in [-0.4, -0.2) is 53.9 Å². The third kappa shape index (κ3) is 3.78. The van der Waals surface area contributed by atoms with E-state index < -0.39 is 36.1 Å². The molecule has 1 aliphatic carbocycles. The van der Waals surface area contributed by atoms with Crippen molar-refractivity contribution in [3.8, 4) is 0 Å². The van der Waals surface area contributed by atoms with Gasteiger partial charge in [0.15, 0.2) is 0 Å². The van der Waals surface area contributed by atoms with Crippen LogP contribution in [0.1, 0.15) is 42.0 Å². The number of carbonyl (C=O) groups is 4. The Labute approximate surface area is 201 Å². The molecule has 2 fully saturated rings. The van der Waals surface area contributed by atoms with Crippen LogP contribution in [0.25, 0.3) is 0 Å². The lowest BCUT2D eigenvalue weighted by molar-refractivity contribution is -0.142. The number of urea groups is 1. The summed E-state index contributed by atoms with van der Waals surface area (Å²) in [6, 6.07) is 10.6. The van der Waals surface area contributed by atoms with Crippen molar-refractivity contribution in [3.63, 3.8) is 0 Å². The zero-order valence-corrected chi connectivity index (χ0v) is 19.2. The van der Waals surface area contributed by atoms with Crippen LogP contribution in [0.2, 0.25) is 0 Å². The second-order valence-corrected chi connectivity index (χ2v) is 8.93. The van der Waals surface area contributed by atoms with Crippen LogP contribution < -0.4 is 10.6 Å². The molecular weight excluding hydrogens is 455 g/mol. The van der Waals surface area contributed by atoms with Gasteiger partial charge in [-0.25, -0.2) is 18.9 Å². The first kappa shape index (κ1) is 22.8. The van der Waals surface area contributed by atoms with E-state index in [1.54, 1.807) is 36.4 Å². The van der Waals surface area contributed by atoms with Crippen LogP contribution in [0, 0.1) is 5.82 Å². The summed E-state index contributed by atoms with van der Waals surface area (Å²) in [5, 5.41) is 5.15. The summed E-state index contributed by atoms with van der Waals surface area (Å²) in [6.07, 6.45) is 1.16. The maximum Gasteiger partial charge on any atom is 0.418 e. The highest BCUT2D eigenvalue weighted by molar-refractivity contribution is 6.06. The number of amides is 5. The Morgan fingerprint density at radius 2 is 2.00 bits per heavy atom. The summed E-state index contributed by atoms with van der Waals surface area (Å²) < 4.78 is 20.0. The zero-order valence-electron chi connectivity index (χ0n) is 19.2. The second kappa shape index (κ2) is 8.68. The third-order valence-electron chi connectivity index (χ3n) is 6.97. The number of likely N-dealkylation sites (tertiary alicyclic amines) is 1. The van der Waals surface area contributed by atoms with Crippen molar-refractivity contribution in [1.82, 2.24) is 15.1 Å². The zero-order chi connectivity index (χ0) is 24.7. The lowest BCUT2D eigenvalue weighted by atomic mass is 9.94. The summed E-state index contributed by atoms with van der Waals surface area (Å²) in [7, 11) is 1.50. The predicted octanol–water partition coefficient (Wildman–Crippen LogP) is 3.06. The Morgan fingerprint density at radius 3 is 2.77 bits per heavy atom. The maximum atomic E-state index is 14.4. The van der Waals surface area contributed by atoms with Crippen LogP contribution >= 0.6 is 0 Å². The Balaban J connectivity index is 1.34. The van der Waals surface area contributed by atoms with Gasteiger partial charge in [-0.15, -0.1) is 0 Å². The number of carbonyl (C=O) groups excluding carboxylic acids is 4. The summed E-state index contributed by atoms with van der Waals surface area (Å²) in [4.78, 5) is 53.3. The SMILES string of the molecule is CNC(=O)Nc1ccc2c(c1)CC[C@]21OC(=O)N(CC(=O)N2CCCC2c2ccccc2F)C1=O. The topological polar surface area (TPSA) is 108 Å². The summed E-state index contributed by atoms with van der Waals surface area (Å²) >= 11 is 0. The molecule has 0 radical (unpaired) electrons. The van der Waals surface area contributed by atoms with Crippen LogP contribution in [0.5, 0.6) is 0 Å². The van der Waals surface area contributed by atoms with Crippen molar-refractivity contribution in [2.45, 2.75) is 37.3 Å². The molecule has 2 saturated heterocycles. The van der Waals surface area contributed by atoms with Crippen LogP contribution in [0.4, 0.5) is 19.7 Å². The highest BCUT2D eigenvalue weighted by Gasteiger charge is 2.58. The molecule has 0 saturated carbocycles. The van der Waals surface area contributed by atoms with Crippen LogP contribution in [-0.2, 0) is 26.3 Å². The first-order chi connectivity index (χ1) is 16.8. The quantitative estimate of drug-likeness (QED) is 0.699. The van der Waals surface area contributed by atoms with E-state index >= 15 is 0 Å². The number of rotatable bonds is 4. The molecule has 5 rings (SSSR count). The number of hydrogen-bond acceptors (Lipinski definition) is 5. The molecule has 1 unspecified atom stereocenters. The molecule has 2 aliphatic heterocycles. The first-order valence-corrected chi connectivity index (χ1v) is 11.5. The van der Waals surface area contributed by atoms with E-state index in [0.29, 0.717) is 42.6 Å². The fourth-order valence-electron chi connectivity index (χ4n) is 5.28. The molecule has 1 spiro atoms. The molecule has 9 nitrogen and oxygen atoms in total. The minimum Gasteiger partial charge on any atom is -0.427 e. The van der Waals surface area contributed by atoms with Crippen molar-refractivity contribution in [2.24, 2.45) is 0 Å². The summed E-state index contributed by atoms with van der Waals surface area (Å²) in [5.74, 6) is -1.40. The van der Waals surface area contributed by atoms with Gasteiger partial charge in [-0.1, -0.05) is 24.3 Å². The molecule has 3 aliphatic rings. The number of fused-ring (bicyclic) bond motifs is 2. The number of anilines is 1. The average molecular weight is 480 g/mol. The molecule has 182 valence electrons. The fraction of sp³-hybridized carbons (Fsp3) is 0.360. The Morgan fingerprint density at radius 1 is 1.20 bits per heavy atom. The summed E-state index contributed by atoms with van der Waals surface area (Å²) in [6.45, 7) is -0.0417. The maximum absolute atomic E-state index is 14.4. The van der Waals surface area contributed by atoms with E-state index in [1.165, 1.54) is 18.0 Å². The molecule has 2 N–H and O–H groups in total. The third-order valence-corrected chi connectivity index (χ3v) is 6.97. The monoisotopic (exact) mass is 480 g/mol. The van der Waals surface area contributed by atoms with Crippen LogP contribution in [0.3, 0.4) is 0 Å². The Kier molecular flexibility index (Phi) is 5.66. The molecule has 2 aromatic carbocycles. The van der Waals surface area contributed by atoms with E-state index in [9.17, 15) is 23.6 Å².